The highest BCUT2D eigenvalue weighted by Gasteiger charge is 2.38. The van der Waals surface area contributed by atoms with E-state index in [4.69, 9.17) is 0 Å². The van der Waals surface area contributed by atoms with Gasteiger partial charge in [-0.25, -0.2) is 0 Å². The molecule has 2 fully saturated rings. The van der Waals surface area contributed by atoms with Crippen LogP contribution in [0.15, 0.2) is 24.3 Å². The van der Waals surface area contributed by atoms with Crippen molar-refractivity contribution in [3.8, 4) is 5.75 Å². The van der Waals surface area contributed by atoms with Crippen molar-refractivity contribution in [2.24, 2.45) is 5.92 Å². The van der Waals surface area contributed by atoms with Gasteiger partial charge in [-0.05, 0) is 25.0 Å². The summed E-state index contributed by atoms with van der Waals surface area (Å²) in [5.41, 5.74) is 0.210. The maximum Gasteiger partial charge on any atom is 0.573 e. The van der Waals surface area contributed by atoms with Crippen molar-refractivity contribution in [3.05, 3.63) is 24.3 Å². The summed E-state index contributed by atoms with van der Waals surface area (Å²) in [4.78, 5) is 26.7. The Bertz CT molecular complexity index is 685. The molecular formula is C19H23F3N2O3. The van der Waals surface area contributed by atoms with Gasteiger partial charge >= 0.3 is 6.36 Å². The number of likely N-dealkylation sites (tertiary alicyclic amines) is 1. The van der Waals surface area contributed by atoms with Gasteiger partial charge in [0.2, 0.25) is 11.8 Å². The highest BCUT2D eigenvalue weighted by Crippen LogP contribution is 2.29. The number of hydrogen-bond acceptors (Lipinski definition) is 3. The zero-order valence-electron chi connectivity index (χ0n) is 14.9. The fraction of sp³-hybridized carbons (Fsp3) is 0.579. The summed E-state index contributed by atoms with van der Waals surface area (Å²) < 4.78 is 40.8. The summed E-state index contributed by atoms with van der Waals surface area (Å²) in [5.74, 6) is -1.27. The van der Waals surface area contributed by atoms with E-state index >= 15 is 0 Å². The lowest BCUT2D eigenvalue weighted by molar-refractivity contribution is -0.274. The lowest BCUT2D eigenvalue weighted by atomic mass is 10.1. The van der Waals surface area contributed by atoms with Crippen molar-refractivity contribution in [1.82, 2.24) is 4.90 Å². The predicted molar refractivity (Wildman–Crippen MR) is 93.1 cm³/mol. The monoisotopic (exact) mass is 384 g/mol. The van der Waals surface area contributed by atoms with Gasteiger partial charge in [0.05, 0.1) is 5.92 Å². The van der Waals surface area contributed by atoms with Crippen molar-refractivity contribution in [2.45, 2.75) is 57.3 Å². The van der Waals surface area contributed by atoms with Crippen LogP contribution in [0.4, 0.5) is 18.9 Å². The van der Waals surface area contributed by atoms with E-state index in [1.54, 1.807) is 0 Å². The number of halogens is 3. The molecule has 148 valence electrons. The molecule has 1 saturated heterocycles. The highest BCUT2D eigenvalue weighted by atomic mass is 19.4. The zero-order chi connectivity index (χ0) is 19.4. The topological polar surface area (TPSA) is 58.6 Å². The van der Waals surface area contributed by atoms with E-state index in [1.165, 1.54) is 25.0 Å². The molecule has 0 spiro atoms. The SMILES string of the molecule is O=C(Nc1cccc(OC(F)(F)F)c1)C1CC(=O)N(C2CCCCCC2)C1. The molecule has 1 saturated carbocycles. The van der Waals surface area contributed by atoms with Crippen molar-refractivity contribution < 1.29 is 27.5 Å². The van der Waals surface area contributed by atoms with Crippen LogP contribution in [-0.2, 0) is 9.59 Å². The molecule has 1 aromatic rings. The molecule has 1 heterocycles. The average molecular weight is 384 g/mol. The summed E-state index contributed by atoms with van der Waals surface area (Å²) in [7, 11) is 0. The fourth-order valence-corrected chi connectivity index (χ4v) is 3.84. The number of anilines is 1. The molecule has 0 radical (unpaired) electrons. The van der Waals surface area contributed by atoms with Crippen LogP contribution in [0.5, 0.6) is 5.75 Å². The minimum Gasteiger partial charge on any atom is -0.406 e. The third kappa shape index (κ3) is 5.37. The Balaban J connectivity index is 1.60. The molecule has 3 rings (SSSR count). The molecule has 1 N–H and O–H groups in total. The van der Waals surface area contributed by atoms with Gasteiger partial charge < -0.3 is 15.0 Å². The second-order valence-electron chi connectivity index (χ2n) is 7.16. The normalized spacial score (nSPS) is 21.8. The van der Waals surface area contributed by atoms with Crippen molar-refractivity contribution in [2.75, 3.05) is 11.9 Å². The number of hydrogen-bond donors (Lipinski definition) is 1. The van der Waals surface area contributed by atoms with E-state index in [-0.39, 0.29) is 30.0 Å². The molecule has 0 bridgehead atoms. The van der Waals surface area contributed by atoms with E-state index < -0.39 is 18.0 Å². The van der Waals surface area contributed by atoms with Gasteiger partial charge in [0.25, 0.3) is 0 Å². The largest absolute Gasteiger partial charge is 0.573 e. The maximum atomic E-state index is 12.5. The molecular weight excluding hydrogens is 361 g/mol. The van der Waals surface area contributed by atoms with Gasteiger partial charge in [-0.1, -0.05) is 31.7 Å². The van der Waals surface area contributed by atoms with Gasteiger partial charge in [-0.2, -0.15) is 0 Å². The third-order valence-corrected chi connectivity index (χ3v) is 5.13. The van der Waals surface area contributed by atoms with Crippen LogP contribution in [0.3, 0.4) is 0 Å². The minimum absolute atomic E-state index is 0.0174. The molecule has 5 nitrogen and oxygen atoms in total. The number of benzene rings is 1. The molecule has 8 heteroatoms. The van der Waals surface area contributed by atoms with E-state index in [0.29, 0.717) is 6.54 Å². The Morgan fingerprint density at radius 3 is 2.52 bits per heavy atom. The maximum absolute atomic E-state index is 12.5. The first-order valence-corrected chi connectivity index (χ1v) is 9.28. The second kappa shape index (κ2) is 8.19. The predicted octanol–water partition coefficient (Wildman–Crippen LogP) is 4.10. The van der Waals surface area contributed by atoms with Crippen LogP contribution in [0.1, 0.15) is 44.9 Å². The summed E-state index contributed by atoms with van der Waals surface area (Å²) in [6.45, 7) is 0.369. The first-order chi connectivity index (χ1) is 12.8. The Morgan fingerprint density at radius 1 is 1.15 bits per heavy atom. The van der Waals surface area contributed by atoms with E-state index in [9.17, 15) is 22.8 Å². The molecule has 2 amide bonds. The third-order valence-electron chi connectivity index (χ3n) is 5.13. The summed E-state index contributed by atoms with van der Waals surface area (Å²) >= 11 is 0. The Labute approximate surface area is 155 Å². The first kappa shape index (κ1) is 19.5. The number of nitrogens with one attached hydrogen (secondary N) is 1. The average Bonchev–Trinajstić information content (AvgIpc) is 2.79. The van der Waals surface area contributed by atoms with Crippen LogP contribution >= 0.6 is 0 Å². The number of ether oxygens (including phenoxy) is 1. The number of amides is 2. The molecule has 2 aliphatic rings. The van der Waals surface area contributed by atoms with E-state index in [1.807, 2.05) is 4.90 Å². The van der Waals surface area contributed by atoms with Crippen molar-refractivity contribution in [1.29, 1.82) is 0 Å². The molecule has 27 heavy (non-hydrogen) atoms. The molecule has 1 unspecified atom stereocenters. The van der Waals surface area contributed by atoms with Crippen LogP contribution < -0.4 is 10.1 Å². The molecule has 1 aromatic carbocycles. The van der Waals surface area contributed by atoms with Crippen molar-refractivity contribution in [3.63, 3.8) is 0 Å². The van der Waals surface area contributed by atoms with Crippen LogP contribution in [0.2, 0.25) is 0 Å². The number of carbonyl (C=O) groups is 2. The molecule has 1 aliphatic carbocycles. The van der Waals surface area contributed by atoms with Crippen LogP contribution in [0, 0.1) is 5.92 Å². The smallest absolute Gasteiger partial charge is 0.406 e. The Morgan fingerprint density at radius 2 is 1.85 bits per heavy atom. The van der Waals surface area contributed by atoms with E-state index in [0.717, 1.165) is 37.8 Å². The van der Waals surface area contributed by atoms with Gasteiger partial charge in [0.15, 0.2) is 0 Å². The standard InChI is InChI=1S/C19H23F3N2O3/c20-19(21,22)27-16-9-5-6-14(11-16)23-18(26)13-10-17(25)24(12-13)15-7-3-1-2-4-8-15/h5-6,9,11,13,15H,1-4,7-8,10,12H2,(H,23,26). The van der Waals surface area contributed by atoms with E-state index in [2.05, 4.69) is 10.1 Å². The highest BCUT2D eigenvalue weighted by molar-refractivity contribution is 5.97. The molecule has 0 aromatic heterocycles. The zero-order valence-corrected chi connectivity index (χ0v) is 14.9. The summed E-state index contributed by atoms with van der Waals surface area (Å²) in [6, 6.07) is 5.33. The minimum atomic E-state index is -4.79. The van der Waals surface area contributed by atoms with Crippen molar-refractivity contribution >= 4 is 17.5 Å². The lowest BCUT2D eigenvalue weighted by Gasteiger charge is -2.27. The quantitative estimate of drug-likeness (QED) is 0.796. The molecule has 1 aliphatic heterocycles. The number of nitrogens with zero attached hydrogens (tertiary/aromatic N) is 1. The molecule has 1 atom stereocenters. The number of rotatable bonds is 4. The van der Waals surface area contributed by atoms with Crippen LogP contribution in [-0.4, -0.2) is 35.7 Å². The van der Waals surface area contributed by atoms with Gasteiger partial charge in [-0.3, -0.25) is 9.59 Å². The second-order valence-corrected chi connectivity index (χ2v) is 7.16. The van der Waals surface area contributed by atoms with Gasteiger partial charge in [0, 0.05) is 30.8 Å². The first-order valence-electron chi connectivity index (χ1n) is 9.28. The number of alkyl halides is 3. The van der Waals surface area contributed by atoms with Crippen LogP contribution in [0.25, 0.3) is 0 Å². The fourth-order valence-electron chi connectivity index (χ4n) is 3.84. The Hall–Kier alpha value is -2.25. The summed E-state index contributed by atoms with van der Waals surface area (Å²) in [6.07, 6.45) is 1.83. The lowest BCUT2D eigenvalue weighted by Crippen LogP contribution is -2.37. The van der Waals surface area contributed by atoms with Gasteiger partial charge in [-0.15, -0.1) is 13.2 Å². The van der Waals surface area contributed by atoms with Gasteiger partial charge in [0.1, 0.15) is 5.75 Å². The summed E-state index contributed by atoms with van der Waals surface area (Å²) in [5, 5.41) is 2.60. The Kier molecular flexibility index (Phi) is 5.92. The number of carbonyl (C=O) groups excluding carboxylic acids is 2.